The van der Waals surface area contributed by atoms with Gasteiger partial charge >= 0.3 is 0 Å². The van der Waals surface area contributed by atoms with Gasteiger partial charge in [0.25, 0.3) is 5.91 Å². The van der Waals surface area contributed by atoms with Gasteiger partial charge in [-0.3, -0.25) is 4.79 Å². The number of rotatable bonds is 4. The van der Waals surface area contributed by atoms with Crippen molar-refractivity contribution in [3.8, 4) is 10.6 Å². The molecule has 0 aromatic carbocycles. The monoisotopic (exact) mass is 450 g/mol. The predicted octanol–water partition coefficient (Wildman–Crippen LogP) is 4.95. The van der Waals surface area contributed by atoms with E-state index in [2.05, 4.69) is 25.2 Å². The molecule has 0 spiro atoms. The molecule has 2 aliphatic heterocycles. The molecule has 4 fully saturated rings. The zero-order chi connectivity index (χ0) is 21.4. The van der Waals surface area contributed by atoms with Crippen LogP contribution in [0.2, 0.25) is 0 Å². The normalized spacial score (nSPS) is 26.1. The van der Waals surface area contributed by atoms with Crippen LogP contribution in [0.15, 0.2) is 23.7 Å². The van der Waals surface area contributed by atoms with Crippen molar-refractivity contribution >= 4 is 45.2 Å². The van der Waals surface area contributed by atoms with Gasteiger partial charge in [0.2, 0.25) is 0 Å². The minimum Gasteiger partial charge on any atom is -0.326 e. The van der Waals surface area contributed by atoms with Crippen LogP contribution >= 0.6 is 22.7 Å². The molecule has 1 amide bonds. The Morgan fingerprint density at radius 2 is 1.97 bits per heavy atom. The Hall–Kier alpha value is -2.65. The first-order valence-electron chi connectivity index (χ1n) is 10.4. The van der Waals surface area contributed by atoms with Gasteiger partial charge in [-0.15, -0.1) is 22.7 Å². The largest absolute Gasteiger partial charge is 0.326 e. The molecule has 5 heterocycles. The lowest BCUT2D eigenvalue weighted by atomic mass is 9.65. The van der Waals surface area contributed by atoms with E-state index in [1.54, 1.807) is 17.5 Å². The molecule has 7 rings (SSSR count). The van der Waals surface area contributed by atoms with Crippen LogP contribution in [0.5, 0.6) is 0 Å². The molecule has 2 atom stereocenters. The molecule has 2 unspecified atom stereocenters. The molecule has 3 aromatic heterocycles. The quantitative estimate of drug-likeness (QED) is 0.586. The Labute approximate surface area is 188 Å². The van der Waals surface area contributed by atoms with Crippen molar-refractivity contribution in [3.05, 3.63) is 40.0 Å². The molecule has 7 nitrogen and oxygen atoms in total. The van der Waals surface area contributed by atoms with Gasteiger partial charge in [0.15, 0.2) is 5.13 Å². The smallest absolute Gasteiger partial charge is 0.256 e. The minimum atomic E-state index is -0.103. The molecule has 158 valence electrons. The summed E-state index contributed by atoms with van der Waals surface area (Å²) in [5, 5.41) is 15.2. The average Bonchev–Trinajstić information content (AvgIpc) is 3.44. The van der Waals surface area contributed by atoms with Crippen LogP contribution in [0.25, 0.3) is 10.6 Å². The SMILES string of the molecule is Cc1nc(C)c(-c2csc(Nc3ccc(C(=O)N4C56CCC4(CC(=N)C5)C6)cn3)n2)s1. The van der Waals surface area contributed by atoms with E-state index in [4.69, 9.17) is 5.41 Å². The van der Waals surface area contributed by atoms with Crippen molar-refractivity contribution in [1.82, 2.24) is 19.9 Å². The number of carbonyl (C=O) groups is 1. The second-order valence-corrected chi connectivity index (χ2v) is 11.0. The Kier molecular flexibility index (Phi) is 3.95. The predicted molar refractivity (Wildman–Crippen MR) is 123 cm³/mol. The van der Waals surface area contributed by atoms with Crippen LogP contribution in [0.4, 0.5) is 10.9 Å². The summed E-state index contributed by atoms with van der Waals surface area (Å²) in [7, 11) is 0. The van der Waals surface area contributed by atoms with Gasteiger partial charge in [-0.25, -0.2) is 15.0 Å². The van der Waals surface area contributed by atoms with Crippen LogP contribution in [0.3, 0.4) is 0 Å². The molecule has 4 aliphatic rings. The third kappa shape index (κ3) is 2.79. The average molecular weight is 451 g/mol. The molecule has 2 bridgehead atoms. The number of anilines is 2. The molecular weight excluding hydrogens is 428 g/mol. The first-order chi connectivity index (χ1) is 14.9. The standard InChI is InChI=1S/C22H22N6OS2/c1-12-18(31-13(2)25-12)16-10-30-20(26-16)27-17-4-3-14(9-24-17)19(29)28-21-5-6-22(28,11-21)8-15(23)7-21/h3-4,9-10,23H,5-8,11H2,1-2H3,(H,24,26,27). The van der Waals surface area contributed by atoms with Gasteiger partial charge in [0.1, 0.15) is 5.82 Å². The van der Waals surface area contributed by atoms with Crippen LogP contribution in [-0.2, 0) is 0 Å². The summed E-state index contributed by atoms with van der Waals surface area (Å²) in [6.45, 7) is 4.00. The Bertz CT molecular complexity index is 1210. The van der Waals surface area contributed by atoms with Gasteiger partial charge in [-0.05, 0) is 45.2 Å². The molecule has 9 heteroatoms. The Morgan fingerprint density at radius 3 is 2.61 bits per heavy atom. The third-order valence-electron chi connectivity index (χ3n) is 6.84. The molecule has 2 saturated carbocycles. The number of piperidine rings is 1. The maximum atomic E-state index is 13.2. The van der Waals surface area contributed by atoms with Gasteiger partial charge in [-0.2, -0.15) is 0 Å². The molecule has 2 saturated heterocycles. The van der Waals surface area contributed by atoms with Gasteiger partial charge < -0.3 is 15.6 Å². The maximum absolute atomic E-state index is 13.2. The number of fused-ring (bicyclic) bond motifs is 1. The van der Waals surface area contributed by atoms with E-state index in [-0.39, 0.29) is 17.0 Å². The first-order valence-corrected chi connectivity index (χ1v) is 12.1. The lowest BCUT2D eigenvalue weighted by molar-refractivity contribution is -0.0632. The number of aryl methyl sites for hydroxylation is 2. The van der Waals surface area contributed by atoms with Crippen molar-refractivity contribution < 1.29 is 4.79 Å². The lowest BCUT2D eigenvalue weighted by Gasteiger charge is -2.62. The summed E-state index contributed by atoms with van der Waals surface area (Å²) in [6.07, 6.45) is 6.24. The zero-order valence-electron chi connectivity index (χ0n) is 17.4. The number of hydrogen-bond acceptors (Lipinski definition) is 8. The van der Waals surface area contributed by atoms with Crippen molar-refractivity contribution in [1.29, 1.82) is 5.41 Å². The molecule has 31 heavy (non-hydrogen) atoms. The van der Waals surface area contributed by atoms with Crippen molar-refractivity contribution in [2.75, 3.05) is 5.32 Å². The maximum Gasteiger partial charge on any atom is 0.256 e. The van der Waals surface area contributed by atoms with Gasteiger partial charge in [0.05, 0.1) is 37.9 Å². The fraction of sp³-hybridized carbons (Fsp3) is 0.409. The molecule has 0 radical (unpaired) electrons. The van der Waals surface area contributed by atoms with Crippen LogP contribution < -0.4 is 5.32 Å². The lowest BCUT2D eigenvalue weighted by Crippen LogP contribution is -2.73. The second-order valence-electron chi connectivity index (χ2n) is 8.97. The van der Waals surface area contributed by atoms with Crippen LogP contribution in [0, 0.1) is 19.3 Å². The van der Waals surface area contributed by atoms with E-state index in [0.717, 1.165) is 64.2 Å². The highest BCUT2D eigenvalue weighted by molar-refractivity contribution is 7.16. The number of amides is 1. The third-order valence-corrected chi connectivity index (χ3v) is 8.69. The highest BCUT2D eigenvalue weighted by Gasteiger charge is 2.71. The van der Waals surface area contributed by atoms with Gasteiger partial charge in [-0.1, -0.05) is 0 Å². The minimum absolute atomic E-state index is 0.0582. The first kappa shape index (κ1) is 19.1. The number of nitrogens with zero attached hydrogens (tertiary/aromatic N) is 4. The Balaban J connectivity index is 1.18. The fourth-order valence-electron chi connectivity index (χ4n) is 5.83. The fourth-order valence-corrected chi connectivity index (χ4v) is 7.50. The van der Waals surface area contributed by atoms with E-state index in [9.17, 15) is 4.79 Å². The van der Waals surface area contributed by atoms with E-state index in [0.29, 0.717) is 11.4 Å². The van der Waals surface area contributed by atoms with Gasteiger partial charge in [0, 0.05) is 30.1 Å². The van der Waals surface area contributed by atoms with Crippen LogP contribution in [-0.4, -0.2) is 42.5 Å². The van der Waals surface area contributed by atoms with E-state index >= 15 is 0 Å². The number of hydrogen-bond donors (Lipinski definition) is 2. The zero-order valence-corrected chi connectivity index (χ0v) is 19.0. The molecule has 2 N–H and O–H groups in total. The summed E-state index contributed by atoms with van der Waals surface area (Å²) >= 11 is 3.17. The highest BCUT2D eigenvalue weighted by atomic mass is 32.1. The number of thiazole rings is 2. The summed E-state index contributed by atoms with van der Waals surface area (Å²) in [5.41, 5.74) is 3.13. The summed E-state index contributed by atoms with van der Waals surface area (Å²) < 4.78 is 0. The molecular formula is C22H22N6OS2. The molecule has 2 aliphatic carbocycles. The van der Waals surface area contributed by atoms with Crippen LogP contribution in [0.1, 0.15) is 53.2 Å². The topological polar surface area (TPSA) is 94.9 Å². The Morgan fingerprint density at radius 1 is 1.19 bits per heavy atom. The van der Waals surface area contributed by atoms with E-state index in [1.807, 2.05) is 31.4 Å². The van der Waals surface area contributed by atoms with E-state index in [1.165, 1.54) is 11.3 Å². The highest BCUT2D eigenvalue weighted by Crippen LogP contribution is 2.64. The second kappa shape index (κ2) is 6.43. The number of pyridine rings is 1. The van der Waals surface area contributed by atoms with E-state index < -0.39 is 0 Å². The van der Waals surface area contributed by atoms with Crippen molar-refractivity contribution in [2.45, 2.75) is 57.0 Å². The number of nitrogens with one attached hydrogen (secondary N) is 2. The summed E-state index contributed by atoms with van der Waals surface area (Å²) in [4.78, 5) is 30.0. The summed E-state index contributed by atoms with van der Waals surface area (Å²) in [5.74, 6) is 0.724. The number of aromatic nitrogens is 3. The van der Waals surface area contributed by atoms with Crippen molar-refractivity contribution in [2.24, 2.45) is 0 Å². The van der Waals surface area contributed by atoms with Crippen molar-refractivity contribution in [3.63, 3.8) is 0 Å². The summed E-state index contributed by atoms with van der Waals surface area (Å²) in [6, 6.07) is 3.68. The number of carbonyl (C=O) groups excluding carboxylic acids is 1. The molecule has 3 aromatic rings.